The molecule has 0 saturated carbocycles. The second-order valence-electron chi connectivity index (χ2n) is 6.79. The summed E-state index contributed by atoms with van der Waals surface area (Å²) in [7, 11) is 0. The van der Waals surface area contributed by atoms with Crippen molar-refractivity contribution in [1.29, 1.82) is 0 Å². The molecule has 0 fully saturated rings. The molecular formula is C23H17ClFN3O2S. The van der Waals surface area contributed by atoms with Crippen molar-refractivity contribution in [2.45, 2.75) is 17.3 Å². The minimum absolute atomic E-state index is 0.249. The molecule has 5 nitrogen and oxygen atoms in total. The van der Waals surface area contributed by atoms with Crippen LogP contribution in [0.25, 0.3) is 16.6 Å². The molecule has 156 valence electrons. The molecule has 1 N–H and O–H groups in total. The van der Waals surface area contributed by atoms with Crippen molar-refractivity contribution in [3.8, 4) is 5.69 Å². The number of anilines is 1. The quantitative estimate of drug-likeness (QED) is 0.329. The molecule has 3 aromatic carbocycles. The van der Waals surface area contributed by atoms with Gasteiger partial charge in [0.15, 0.2) is 5.16 Å². The number of fused-ring (bicyclic) bond motifs is 1. The van der Waals surface area contributed by atoms with Crippen molar-refractivity contribution in [3.05, 3.63) is 94.0 Å². The van der Waals surface area contributed by atoms with Crippen LogP contribution in [0.4, 0.5) is 10.1 Å². The summed E-state index contributed by atoms with van der Waals surface area (Å²) in [5.41, 5.74) is 1.34. The van der Waals surface area contributed by atoms with Crippen molar-refractivity contribution < 1.29 is 9.18 Å². The number of hydrogen-bond acceptors (Lipinski definition) is 4. The van der Waals surface area contributed by atoms with Crippen molar-refractivity contribution in [2.75, 3.05) is 5.32 Å². The summed E-state index contributed by atoms with van der Waals surface area (Å²) in [5, 5.41) is 3.48. The lowest BCUT2D eigenvalue weighted by molar-refractivity contribution is -0.115. The fraction of sp³-hybridized carbons (Fsp3) is 0.0870. The maximum atomic E-state index is 13.3. The van der Waals surface area contributed by atoms with E-state index in [0.29, 0.717) is 32.5 Å². The predicted molar refractivity (Wildman–Crippen MR) is 123 cm³/mol. The third-order valence-corrected chi connectivity index (χ3v) is 5.86. The fourth-order valence-electron chi connectivity index (χ4n) is 3.02. The Morgan fingerprint density at radius 1 is 1.10 bits per heavy atom. The van der Waals surface area contributed by atoms with Crippen LogP contribution in [0.5, 0.6) is 0 Å². The summed E-state index contributed by atoms with van der Waals surface area (Å²) in [4.78, 5) is 30.6. The predicted octanol–water partition coefficient (Wildman–Crippen LogP) is 5.30. The molecule has 1 amide bonds. The van der Waals surface area contributed by atoms with E-state index in [2.05, 4.69) is 10.3 Å². The molecule has 4 rings (SSSR count). The second kappa shape index (κ2) is 8.91. The van der Waals surface area contributed by atoms with Gasteiger partial charge in [0.05, 0.1) is 21.8 Å². The van der Waals surface area contributed by atoms with Crippen LogP contribution in [0.2, 0.25) is 5.02 Å². The molecule has 1 unspecified atom stereocenters. The van der Waals surface area contributed by atoms with Gasteiger partial charge >= 0.3 is 0 Å². The highest BCUT2D eigenvalue weighted by molar-refractivity contribution is 8.00. The molecule has 1 heterocycles. The van der Waals surface area contributed by atoms with E-state index >= 15 is 0 Å². The Morgan fingerprint density at radius 3 is 2.58 bits per heavy atom. The molecule has 1 aromatic heterocycles. The minimum atomic E-state index is -0.580. The summed E-state index contributed by atoms with van der Waals surface area (Å²) in [6.07, 6.45) is 0. The molecule has 0 radical (unpaired) electrons. The van der Waals surface area contributed by atoms with E-state index < -0.39 is 5.25 Å². The molecule has 0 spiro atoms. The van der Waals surface area contributed by atoms with Gasteiger partial charge in [-0.05, 0) is 61.5 Å². The van der Waals surface area contributed by atoms with Crippen LogP contribution in [-0.4, -0.2) is 20.7 Å². The Morgan fingerprint density at radius 2 is 1.84 bits per heavy atom. The fourth-order valence-corrected chi connectivity index (χ4v) is 4.13. The first-order chi connectivity index (χ1) is 14.9. The van der Waals surface area contributed by atoms with Crippen molar-refractivity contribution in [2.24, 2.45) is 0 Å². The van der Waals surface area contributed by atoms with Crippen LogP contribution in [0.15, 0.2) is 82.7 Å². The zero-order valence-corrected chi connectivity index (χ0v) is 18.0. The van der Waals surface area contributed by atoms with Crippen LogP contribution >= 0.6 is 23.4 Å². The van der Waals surface area contributed by atoms with Crippen molar-refractivity contribution >= 4 is 45.9 Å². The van der Waals surface area contributed by atoms with Crippen LogP contribution in [0.3, 0.4) is 0 Å². The Balaban J connectivity index is 1.72. The summed E-state index contributed by atoms with van der Waals surface area (Å²) in [5.74, 6) is -0.678. The van der Waals surface area contributed by atoms with E-state index in [1.807, 2.05) is 0 Å². The molecule has 8 heteroatoms. The van der Waals surface area contributed by atoms with Crippen molar-refractivity contribution in [1.82, 2.24) is 9.55 Å². The summed E-state index contributed by atoms with van der Waals surface area (Å²) in [6, 6.07) is 19.5. The molecule has 4 aromatic rings. The summed E-state index contributed by atoms with van der Waals surface area (Å²) < 4.78 is 14.6. The number of carbonyl (C=O) groups is 1. The number of aromatic nitrogens is 2. The highest BCUT2D eigenvalue weighted by Gasteiger charge is 2.20. The molecular weight excluding hydrogens is 437 g/mol. The lowest BCUT2D eigenvalue weighted by Crippen LogP contribution is -2.26. The van der Waals surface area contributed by atoms with E-state index in [9.17, 15) is 14.0 Å². The van der Waals surface area contributed by atoms with E-state index in [1.54, 1.807) is 55.5 Å². The average molecular weight is 454 g/mol. The Bertz CT molecular complexity index is 1320. The summed E-state index contributed by atoms with van der Waals surface area (Å²) >= 11 is 7.29. The van der Waals surface area contributed by atoms with Crippen LogP contribution < -0.4 is 10.9 Å². The second-order valence-corrected chi connectivity index (χ2v) is 8.53. The monoisotopic (exact) mass is 453 g/mol. The first kappa shape index (κ1) is 21.1. The van der Waals surface area contributed by atoms with Crippen LogP contribution in [-0.2, 0) is 4.79 Å². The van der Waals surface area contributed by atoms with Gasteiger partial charge in [0.1, 0.15) is 5.82 Å². The number of hydrogen-bond donors (Lipinski definition) is 1. The number of benzene rings is 3. The number of rotatable bonds is 5. The van der Waals surface area contributed by atoms with Gasteiger partial charge in [-0.15, -0.1) is 0 Å². The van der Waals surface area contributed by atoms with Crippen LogP contribution in [0.1, 0.15) is 6.92 Å². The maximum Gasteiger partial charge on any atom is 0.266 e. The highest BCUT2D eigenvalue weighted by Crippen LogP contribution is 2.27. The number of para-hydroxylation sites is 1. The number of nitrogens with zero attached hydrogens (tertiary/aromatic N) is 2. The zero-order valence-electron chi connectivity index (χ0n) is 16.4. The third-order valence-electron chi connectivity index (χ3n) is 4.57. The van der Waals surface area contributed by atoms with Crippen LogP contribution in [0, 0.1) is 5.82 Å². The average Bonchev–Trinajstić information content (AvgIpc) is 2.75. The molecule has 31 heavy (non-hydrogen) atoms. The SMILES string of the molecule is CC(Sc1nc2ccccc2c(=O)n1-c1cccc(Cl)c1)C(=O)Nc1ccc(F)cc1. The molecule has 0 aliphatic carbocycles. The standard InChI is InChI=1S/C23H17ClFN3O2S/c1-14(21(29)26-17-11-9-16(25)10-12-17)31-23-27-20-8-3-2-7-19(20)22(30)28(23)18-6-4-5-15(24)13-18/h2-14H,1H3,(H,26,29). The van der Waals surface area contributed by atoms with Gasteiger partial charge in [0, 0.05) is 10.7 Å². The third kappa shape index (κ3) is 4.62. The zero-order chi connectivity index (χ0) is 22.0. The largest absolute Gasteiger partial charge is 0.325 e. The van der Waals surface area contributed by atoms with Gasteiger partial charge in [0.25, 0.3) is 5.56 Å². The summed E-state index contributed by atoms with van der Waals surface area (Å²) in [6.45, 7) is 1.72. The van der Waals surface area contributed by atoms with Gasteiger partial charge in [-0.25, -0.2) is 9.37 Å². The van der Waals surface area contributed by atoms with E-state index in [0.717, 1.165) is 11.8 Å². The number of nitrogens with one attached hydrogen (secondary N) is 1. The molecule has 1 atom stereocenters. The minimum Gasteiger partial charge on any atom is -0.325 e. The van der Waals surface area contributed by atoms with Gasteiger partial charge < -0.3 is 5.32 Å². The van der Waals surface area contributed by atoms with E-state index in [-0.39, 0.29) is 17.3 Å². The Hall–Kier alpha value is -3.16. The molecule has 0 aliphatic heterocycles. The molecule has 0 saturated heterocycles. The van der Waals surface area contributed by atoms with Gasteiger partial charge in [-0.3, -0.25) is 14.2 Å². The molecule has 0 bridgehead atoms. The normalized spacial score (nSPS) is 12.0. The maximum absolute atomic E-state index is 13.3. The van der Waals surface area contributed by atoms with Crippen molar-refractivity contribution in [3.63, 3.8) is 0 Å². The first-order valence-corrected chi connectivity index (χ1v) is 10.7. The first-order valence-electron chi connectivity index (χ1n) is 9.43. The Labute approximate surface area is 186 Å². The highest BCUT2D eigenvalue weighted by atomic mass is 35.5. The van der Waals surface area contributed by atoms with E-state index in [4.69, 9.17) is 11.6 Å². The van der Waals surface area contributed by atoms with Gasteiger partial charge in [-0.1, -0.05) is 41.6 Å². The lowest BCUT2D eigenvalue weighted by Gasteiger charge is -2.16. The lowest BCUT2D eigenvalue weighted by atomic mass is 10.2. The van der Waals surface area contributed by atoms with Gasteiger partial charge in [-0.2, -0.15) is 0 Å². The van der Waals surface area contributed by atoms with Gasteiger partial charge in [0.2, 0.25) is 5.91 Å². The number of amides is 1. The number of carbonyl (C=O) groups excluding carboxylic acids is 1. The molecule has 0 aliphatic rings. The number of halogens is 2. The number of thioether (sulfide) groups is 1. The topological polar surface area (TPSA) is 64.0 Å². The van der Waals surface area contributed by atoms with E-state index in [1.165, 1.54) is 28.8 Å². The Kier molecular flexibility index (Phi) is 6.06. The smallest absolute Gasteiger partial charge is 0.266 e.